The molecule has 190 valence electrons. The van der Waals surface area contributed by atoms with Crippen molar-refractivity contribution in [3.05, 3.63) is 84.7 Å². The van der Waals surface area contributed by atoms with Crippen LogP contribution < -0.4 is 0 Å². The summed E-state index contributed by atoms with van der Waals surface area (Å²) in [6, 6.07) is 10.6. The summed E-state index contributed by atoms with van der Waals surface area (Å²) in [5.41, 5.74) is 5.46. The summed E-state index contributed by atoms with van der Waals surface area (Å²) in [4.78, 5) is 12.0. The molecule has 0 fully saturated rings. The van der Waals surface area contributed by atoms with Crippen molar-refractivity contribution in [2.24, 2.45) is 0 Å². The Bertz CT molecular complexity index is 1640. The number of benzene rings is 1. The van der Waals surface area contributed by atoms with Crippen molar-refractivity contribution in [2.75, 3.05) is 7.11 Å². The maximum atomic E-state index is 13.0. The lowest BCUT2D eigenvalue weighted by Crippen LogP contribution is -2.15. The number of hydrogen-bond acceptors (Lipinski definition) is 5. The van der Waals surface area contributed by atoms with Gasteiger partial charge in [-0.25, -0.2) is 22.4 Å². The van der Waals surface area contributed by atoms with E-state index in [1.165, 1.54) is 20.6 Å². The Labute approximate surface area is 235 Å². The van der Waals surface area contributed by atoms with Crippen LogP contribution >= 0.6 is 47.8 Å². The minimum Gasteiger partial charge on any atom is -0.400 e. The summed E-state index contributed by atoms with van der Waals surface area (Å²) >= 11 is 10.1. The zero-order chi connectivity index (χ0) is 26.8. The first-order chi connectivity index (χ1) is 17.0. The van der Waals surface area contributed by atoms with E-state index < -0.39 is 10.0 Å². The molecule has 4 heterocycles. The maximum Gasteiger partial charge on any atom is 0.269 e. The van der Waals surface area contributed by atoms with Gasteiger partial charge in [-0.3, -0.25) is 0 Å². The minimum atomic E-state index is -3.69. The van der Waals surface area contributed by atoms with Gasteiger partial charge in [0.05, 0.1) is 4.90 Å². The van der Waals surface area contributed by atoms with Gasteiger partial charge in [0, 0.05) is 55.1 Å². The molecule has 0 aliphatic rings. The molecular formula is C25H25Br3N4O3S. The number of halogens is 3. The van der Waals surface area contributed by atoms with Crippen LogP contribution in [0.3, 0.4) is 0 Å². The first kappa shape index (κ1) is 28.5. The Kier molecular flexibility index (Phi) is 9.16. The molecule has 11 heteroatoms. The molecule has 0 atom stereocenters. The van der Waals surface area contributed by atoms with Gasteiger partial charge in [-0.15, -0.1) is 0 Å². The van der Waals surface area contributed by atoms with Crippen LogP contribution in [0.25, 0.3) is 22.1 Å². The van der Waals surface area contributed by atoms with Gasteiger partial charge in [0.1, 0.15) is 5.65 Å². The average molecular weight is 701 g/mol. The number of nitrogens with one attached hydrogen (secondary N) is 1. The molecule has 2 N–H and O–H groups in total. The number of aromatic amines is 1. The first-order valence-electron chi connectivity index (χ1n) is 10.7. The second-order valence-corrected chi connectivity index (χ2v) is 12.4. The average Bonchev–Trinajstić information content (AvgIpc) is 3.28. The fraction of sp³-hybridized carbons (Fsp3) is 0.200. The number of aliphatic hydroxyl groups is 1. The van der Waals surface area contributed by atoms with Crippen molar-refractivity contribution >= 4 is 79.9 Å². The van der Waals surface area contributed by atoms with Crippen molar-refractivity contribution in [3.8, 4) is 0 Å². The highest BCUT2D eigenvalue weighted by Crippen LogP contribution is 2.30. The van der Waals surface area contributed by atoms with Crippen molar-refractivity contribution in [1.29, 1.82) is 0 Å². The molecule has 0 saturated carbocycles. The molecule has 0 amide bonds. The Morgan fingerprint density at radius 2 is 1.36 bits per heavy atom. The molecule has 7 nitrogen and oxygen atoms in total. The first-order valence-corrected chi connectivity index (χ1v) is 14.5. The molecule has 5 aromatic rings. The molecule has 0 bridgehead atoms. The fourth-order valence-corrected chi connectivity index (χ4v) is 6.17. The highest BCUT2D eigenvalue weighted by atomic mass is 79.9. The number of aromatic nitrogens is 4. The molecule has 36 heavy (non-hydrogen) atoms. The molecule has 0 spiro atoms. The van der Waals surface area contributed by atoms with Crippen LogP contribution in [0.1, 0.15) is 22.5 Å². The third kappa shape index (κ3) is 5.60. The van der Waals surface area contributed by atoms with Gasteiger partial charge in [-0.1, -0.05) is 15.9 Å². The van der Waals surface area contributed by atoms with Gasteiger partial charge in [0.15, 0.2) is 5.65 Å². The SMILES string of the molecule is CO.Cc1[nH]c2ncc(Br)cc2c1C.Cc1c(C)n(S(=O)(=O)c2ccc(Br)cc2)c2ncc(Br)cc12. The van der Waals surface area contributed by atoms with E-state index in [2.05, 4.69) is 82.7 Å². The largest absolute Gasteiger partial charge is 0.400 e. The smallest absolute Gasteiger partial charge is 0.269 e. The summed E-state index contributed by atoms with van der Waals surface area (Å²) in [6.07, 6.45) is 3.41. The number of fused-ring (bicyclic) bond motifs is 2. The molecular weight excluding hydrogens is 676 g/mol. The fourth-order valence-electron chi connectivity index (χ4n) is 3.68. The third-order valence-electron chi connectivity index (χ3n) is 5.76. The number of hydrogen-bond donors (Lipinski definition) is 2. The van der Waals surface area contributed by atoms with Crippen LogP contribution in [-0.2, 0) is 10.0 Å². The van der Waals surface area contributed by atoms with E-state index >= 15 is 0 Å². The van der Waals surface area contributed by atoms with E-state index in [1.54, 1.807) is 43.6 Å². The Balaban J connectivity index is 0.000000217. The monoisotopic (exact) mass is 698 g/mol. The van der Waals surface area contributed by atoms with Gasteiger partial charge in [-0.05, 0) is 107 Å². The second kappa shape index (κ2) is 11.6. The van der Waals surface area contributed by atoms with Crippen LogP contribution in [0, 0.1) is 27.7 Å². The molecule has 1 aromatic carbocycles. The lowest BCUT2D eigenvalue weighted by molar-refractivity contribution is 0.399. The quantitative estimate of drug-likeness (QED) is 0.207. The maximum absolute atomic E-state index is 13.0. The Morgan fingerprint density at radius 3 is 1.97 bits per heavy atom. The van der Waals surface area contributed by atoms with E-state index in [9.17, 15) is 8.42 Å². The highest BCUT2D eigenvalue weighted by molar-refractivity contribution is 9.11. The third-order valence-corrected chi connectivity index (χ3v) is 8.95. The number of aliphatic hydroxyl groups excluding tert-OH is 1. The van der Waals surface area contributed by atoms with E-state index in [1.807, 2.05) is 13.0 Å². The number of nitrogens with zero attached hydrogens (tertiary/aromatic N) is 3. The number of rotatable bonds is 2. The van der Waals surface area contributed by atoms with Crippen molar-refractivity contribution in [3.63, 3.8) is 0 Å². The summed E-state index contributed by atoms with van der Waals surface area (Å²) in [5, 5.41) is 9.02. The van der Waals surface area contributed by atoms with Crippen LogP contribution in [0.4, 0.5) is 0 Å². The number of aryl methyl sites for hydroxylation is 3. The van der Waals surface area contributed by atoms with Gasteiger partial charge in [0.25, 0.3) is 10.0 Å². The Hall–Kier alpha value is -2.05. The minimum absolute atomic E-state index is 0.236. The van der Waals surface area contributed by atoms with E-state index in [0.717, 1.165) is 37.1 Å². The zero-order valence-corrected chi connectivity index (χ0v) is 25.8. The van der Waals surface area contributed by atoms with E-state index in [0.29, 0.717) is 11.3 Å². The van der Waals surface area contributed by atoms with Gasteiger partial charge < -0.3 is 10.1 Å². The predicted molar refractivity (Wildman–Crippen MR) is 155 cm³/mol. The summed E-state index contributed by atoms with van der Waals surface area (Å²) in [6.45, 7) is 7.86. The van der Waals surface area contributed by atoms with Crippen molar-refractivity contribution < 1.29 is 13.5 Å². The summed E-state index contributed by atoms with van der Waals surface area (Å²) < 4.78 is 29.9. The second-order valence-electron chi connectivity index (χ2n) is 7.88. The molecule has 0 saturated heterocycles. The van der Waals surface area contributed by atoms with E-state index in [4.69, 9.17) is 5.11 Å². The predicted octanol–water partition coefficient (Wildman–Crippen LogP) is 6.97. The topological polar surface area (TPSA) is 101 Å². The molecule has 0 unspecified atom stereocenters. The van der Waals surface area contributed by atoms with Gasteiger partial charge in [0.2, 0.25) is 0 Å². The molecule has 5 rings (SSSR count). The molecule has 4 aromatic heterocycles. The number of H-pyrrole nitrogens is 1. The standard InChI is InChI=1S/C15H12Br2N2O2S.C9H9BrN2.CH4O/c1-9-10(2)19(15-14(9)7-12(17)8-18-15)22(20,21)13-5-3-11(16)4-6-13;1-5-6(2)12-9-8(5)3-7(10)4-11-9;1-2/h3-8H,1-2H3;3-4H,1-2H3,(H,11,12);2H,1H3. The lowest BCUT2D eigenvalue weighted by Gasteiger charge is -2.09. The van der Waals surface area contributed by atoms with E-state index in [-0.39, 0.29) is 4.90 Å². The molecule has 0 aliphatic heterocycles. The van der Waals surface area contributed by atoms with Gasteiger partial charge in [-0.2, -0.15) is 0 Å². The normalized spacial score (nSPS) is 11.1. The van der Waals surface area contributed by atoms with Crippen LogP contribution in [0.5, 0.6) is 0 Å². The summed E-state index contributed by atoms with van der Waals surface area (Å²) in [5.74, 6) is 0. The van der Waals surface area contributed by atoms with Gasteiger partial charge >= 0.3 is 0 Å². The summed E-state index contributed by atoms with van der Waals surface area (Å²) in [7, 11) is -2.69. The van der Waals surface area contributed by atoms with Crippen molar-refractivity contribution in [1.82, 2.24) is 18.9 Å². The lowest BCUT2D eigenvalue weighted by atomic mass is 10.2. The van der Waals surface area contributed by atoms with Crippen molar-refractivity contribution in [2.45, 2.75) is 32.6 Å². The van der Waals surface area contributed by atoms with Crippen LogP contribution in [-0.4, -0.2) is 39.6 Å². The van der Waals surface area contributed by atoms with Crippen LogP contribution in [0.15, 0.2) is 67.1 Å². The highest BCUT2D eigenvalue weighted by Gasteiger charge is 2.24. The molecule has 0 aliphatic carbocycles. The zero-order valence-electron chi connectivity index (χ0n) is 20.3. The molecule has 0 radical (unpaired) electrons. The van der Waals surface area contributed by atoms with Crippen LogP contribution in [0.2, 0.25) is 0 Å². The number of pyridine rings is 2. The Morgan fingerprint density at radius 1 is 0.806 bits per heavy atom.